The monoisotopic (exact) mass is 548 g/mol. The van der Waals surface area contributed by atoms with Crippen LogP contribution in [0.4, 0.5) is 5.13 Å². The summed E-state index contributed by atoms with van der Waals surface area (Å²) in [6.07, 6.45) is 3.36. The average Bonchev–Trinajstić information content (AvgIpc) is 3.48. The van der Waals surface area contributed by atoms with E-state index in [1.54, 1.807) is 24.7 Å². The highest BCUT2D eigenvalue weighted by molar-refractivity contribution is 7.14. The van der Waals surface area contributed by atoms with Gasteiger partial charge >= 0.3 is 5.97 Å². The van der Waals surface area contributed by atoms with E-state index in [0.717, 1.165) is 22.3 Å². The van der Waals surface area contributed by atoms with E-state index in [4.69, 9.17) is 14.6 Å². The zero-order valence-electron chi connectivity index (χ0n) is 21.9. The second-order valence-corrected chi connectivity index (χ2v) is 9.66. The van der Waals surface area contributed by atoms with E-state index in [1.807, 2.05) is 66.7 Å². The lowest BCUT2D eigenvalue weighted by molar-refractivity contribution is -0.135. The van der Waals surface area contributed by atoms with Crippen LogP contribution in [0.5, 0.6) is 0 Å². The Morgan fingerprint density at radius 2 is 1.48 bits per heavy atom. The topological polar surface area (TPSA) is 85.7 Å². The van der Waals surface area contributed by atoms with Crippen molar-refractivity contribution in [2.24, 2.45) is 5.16 Å². The van der Waals surface area contributed by atoms with E-state index in [-0.39, 0.29) is 18.9 Å². The quantitative estimate of drug-likeness (QED) is 0.0887. The number of hydrogen-bond acceptors (Lipinski definition) is 8. The number of pyridine rings is 1. The van der Waals surface area contributed by atoms with E-state index >= 15 is 0 Å². The Kier molecular flexibility index (Phi) is 8.58. The molecule has 200 valence electrons. The Balaban J connectivity index is 1.54. The summed E-state index contributed by atoms with van der Waals surface area (Å²) in [6.45, 7) is 2.11. The Labute approximate surface area is 237 Å². The predicted octanol–water partition coefficient (Wildman–Crippen LogP) is 6.43. The lowest BCUT2D eigenvalue weighted by Gasteiger charge is -2.36. The molecule has 0 radical (unpaired) electrons. The minimum atomic E-state index is -0.753. The Bertz CT molecular complexity index is 1450. The highest BCUT2D eigenvalue weighted by atomic mass is 32.1. The molecule has 0 bridgehead atoms. The molecule has 0 aliphatic rings. The van der Waals surface area contributed by atoms with Gasteiger partial charge in [-0.1, -0.05) is 102 Å². The molecule has 40 heavy (non-hydrogen) atoms. The summed E-state index contributed by atoms with van der Waals surface area (Å²) in [5.74, 6) is -0.606. The van der Waals surface area contributed by atoms with Crippen LogP contribution in [0.25, 0.3) is 0 Å². The van der Waals surface area contributed by atoms with E-state index in [1.165, 1.54) is 11.3 Å². The summed E-state index contributed by atoms with van der Waals surface area (Å²) in [5.41, 5.74) is 3.57. The molecule has 2 heterocycles. The van der Waals surface area contributed by atoms with Gasteiger partial charge in [-0.25, -0.2) is 9.78 Å². The number of thiazole rings is 1. The van der Waals surface area contributed by atoms with Crippen LogP contribution in [0.2, 0.25) is 0 Å². The number of esters is 1. The number of carbonyl (C=O) groups is 1. The molecule has 8 heteroatoms. The van der Waals surface area contributed by atoms with Crippen LogP contribution < -0.4 is 5.32 Å². The van der Waals surface area contributed by atoms with Crippen molar-refractivity contribution >= 4 is 28.1 Å². The number of rotatable bonds is 11. The van der Waals surface area contributed by atoms with Crippen LogP contribution in [0.15, 0.2) is 126 Å². The van der Waals surface area contributed by atoms with Gasteiger partial charge < -0.3 is 14.9 Å². The highest BCUT2D eigenvalue weighted by Gasteiger charge is 2.37. The molecular formula is C32H28N4O3S. The van der Waals surface area contributed by atoms with Crippen molar-refractivity contribution in [3.05, 3.63) is 149 Å². The first-order valence-corrected chi connectivity index (χ1v) is 13.8. The van der Waals surface area contributed by atoms with Crippen molar-refractivity contribution in [3.63, 3.8) is 0 Å². The van der Waals surface area contributed by atoms with Crippen molar-refractivity contribution < 1.29 is 14.4 Å². The predicted molar refractivity (Wildman–Crippen MR) is 157 cm³/mol. The Morgan fingerprint density at radius 1 is 0.875 bits per heavy atom. The third-order valence-electron chi connectivity index (χ3n) is 6.24. The fraction of sp³-hybridized carbons (Fsp3) is 0.125. The van der Waals surface area contributed by atoms with Crippen LogP contribution in [-0.2, 0) is 26.5 Å². The third-order valence-corrected chi connectivity index (χ3v) is 7.00. The van der Waals surface area contributed by atoms with Gasteiger partial charge in [0.2, 0.25) is 5.71 Å². The van der Waals surface area contributed by atoms with Crippen molar-refractivity contribution in [2.75, 3.05) is 11.9 Å². The minimum Gasteiger partial charge on any atom is -0.461 e. The second kappa shape index (κ2) is 12.8. The summed E-state index contributed by atoms with van der Waals surface area (Å²) < 4.78 is 5.26. The summed E-state index contributed by atoms with van der Waals surface area (Å²) >= 11 is 1.38. The van der Waals surface area contributed by atoms with Gasteiger partial charge in [0.1, 0.15) is 17.8 Å². The molecule has 0 spiro atoms. The number of nitrogens with zero attached hydrogens (tertiary/aromatic N) is 3. The summed E-state index contributed by atoms with van der Waals surface area (Å²) in [4.78, 5) is 27.2. The Hall–Kier alpha value is -4.82. The number of ether oxygens (including phenoxy) is 1. The standard InChI is InChI=1S/C32H28N4O3S/c1-2-38-30(37)29(36-39-22-24-13-12-20-33-21-24)28-23-40-31(34-28)35-32(25-14-6-3-7-15-25,26-16-8-4-9-17-26)27-18-10-5-11-19-27/h3-21,23H,2,22H2,1H3,(H,34,35). The molecule has 1 N–H and O–H groups in total. The number of anilines is 1. The molecule has 0 saturated carbocycles. The third kappa shape index (κ3) is 5.92. The van der Waals surface area contributed by atoms with Crippen LogP contribution in [0.1, 0.15) is 34.9 Å². The highest BCUT2D eigenvalue weighted by Crippen LogP contribution is 2.40. The van der Waals surface area contributed by atoms with Crippen molar-refractivity contribution in [1.82, 2.24) is 9.97 Å². The van der Waals surface area contributed by atoms with Gasteiger partial charge in [-0.15, -0.1) is 11.3 Å². The van der Waals surface area contributed by atoms with Gasteiger partial charge in [0.25, 0.3) is 0 Å². The molecule has 0 unspecified atom stereocenters. The van der Waals surface area contributed by atoms with E-state index < -0.39 is 11.5 Å². The van der Waals surface area contributed by atoms with E-state index in [9.17, 15) is 4.79 Å². The molecule has 0 amide bonds. The molecule has 2 aromatic heterocycles. The van der Waals surface area contributed by atoms with Gasteiger partial charge in [0.05, 0.1) is 6.61 Å². The largest absolute Gasteiger partial charge is 0.461 e. The number of oxime groups is 1. The fourth-order valence-electron chi connectivity index (χ4n) is 4.42. The number of carbonyl (C=O) groups excluding carboxylic acids is 1. The fourth-order valence-corrected chi connectivity index (χ4v) is 5.17. The lowest BCUT2D eigenvalue weighted by Crippen LogP contribution is -2.38. The number of hydrogen-bond donors (Lipinski definition) is 1. The molecule has 0 saturated heterocycles. The van der Waals surface area contributed by atoms with Crippen LogP contribution >= 0.6 is 11.3 Å². The summed E-state index contributed by atoms with van der Waals surface area (Å²) in [7, 11) is 0. The van der Waals surface area contributed by atoms with Gasteiger partial charge in [0.15, 0.2) is 5.13 Å². The van der Waals surface area contributed by atoms with Crippen LogP contribution in [0, 0.1) is 0 Å². The van der Waals surface area contributed by atoms with Gasteiger partial charge in [-0.2, -0.15) is 0 Å². The van der Waals surface area contributed by atoms with Crippen LogP contribution in [-0.4, -0.2) is 28.3 Å². The molecule has 0 fully saturated rings. The molecule has 0 aliphatic carbocycles. The molecule has 7 nitrogen and oxygen atoms in total. The molecule has 5 rings (SSSR count). The van der Waals surface area contributed by atoms with Crippen molar-refractivity contribution in [3.8, 4) is 0 Å². The number of nitrogens with one attached hydrogen (secondary N) is 1. The molecule has 0 aliphatic heterocycles. The maximum atomic E-state index is 12.8. The zero-order chi connectivity index (χ0) is 27.6. The first-order valence-electron chi connectivity index (χ1n) is 12.9. The molecule has 5 aromatic rings. The Morgan fingerprint density at radius 3 is 2.00 bits per heavy atom. The van der Waals surface area contributed by atoms with Gasteiger partial charge in [-0.05, 0) is 29.7 Å². The van der Waals surface area contributed by atoms with Crippen molar-refractivity contribution in [2.45, 2.75) is 19.1 Å². The van der Waals surface area contributed by atoms with Gasteiger partial charge in [-0.3, -0.25) is 4.98 Å². The van der Waals surface area contributed by atoms with Crippen molar-refractivity contribution in [1.29, 1.82) is 0 Å². The lowest BCUT2D eigenvalue weighted by atomic mass is 9.77. The summed E-state index contributed by atoms with van der Waals surface area (Å²) in [6, 6.07) is 34.4. The maximum absolute atomic E-state index is 12.8. The van der Waals surface area contributed by atoms with Crippen LogP contribution in [0.3, 0.4) is 0 Å². The van der Waals surface area contributed by atoms with Gasteiger partial charge in [0, 0.05) is 23.3 Å². The minimum absolute atomic E-state index is 0.000210. The molecular weight excluding hydrogens is 520 g/mol. The van der Waals surface area contributed by atoms with E-state index in [0.29, 0.717) is 10.8 Å². The second-order valence-electron chi connectivity index (χ2n) is 8.81. The number of aromatic nitrogens is 2. The normalized spacial score (nSPS) is 11.6. The smallest absolute Gasteiger partial charge is 0.362 e. The SMILES string of the molecule is CCOC(=O)C(=NOCc1cccnc1)c1csc(NC(c2ccccc2)(c2ccccc2)c2ccccc2)n1. The molecule has 3 aromatic carbocycles. The first kappa shape index (κ1) is 26.8. The molecule has 0 atom stereocenters. The first-order chi connectivity index (χ1) is 19.7. The van der Waals surface area contributed by atoms with E-state index in [2.05, 4.69) is 51.9 Å². The zero-order valence-corrected chi connectivity index (χ0v) is 22.8. The summed E-state index contributed by atoms with van der Waals surface area (Å²) in [5, 5.41) is 10.2. The average molecular weight is 549 g/mol. The number of benzene rings is 3. The maximum Gasteiger partial charge on any atom is 0.362 e.